The lowest BCUT2D eigenvalue weighted by Gasteiger charge is -2.22. The average molecular weight is 594 g/mol. The van der Waals surface area contributed by atoms with E-state index < -0.39 is 0 Å². The molecule has 3 aromatic carbocycles. The summed E-state index contributed by atoms with van der Waals surface area (Å²) in [5.41, 5.74) is 9.83. The van der Waals surface area contributed by atoms with Crippen molar-refractivity contribution >= 4 is 28.6 Å². The third-order valence-electron chi connectivity index (χ3n) is 8.31. The van der Waals surface area contributed by atoms with Crippen molar-refractivity contribution in [3.63, 3.8) is 0 Å². The van der Waals surface area contributed by atoms with Crippen LogP contribution in [-0.4, -0.2) is 7.05 Å². The van der Waals surface area contributed by atoms with Gasteiger partial charge in [-0.25, -0.2) is 0 Å². The largest absolute Gasteiger partial charge is 0.344 e. The molecule has 0 aromatic heterocycles. The molecule has 0 aliphatic carbocycles. The molecule has 2 unspecified atom stereocenters. The Kier molecular flexibility index (Phi) is 14.7. The zero-order valence-corrected chi connectivity index (χ0v) is 27.8. The Morgan fingerprint density at radius 3 is 2.27 bits per heavy atom. The molecule has 0 aliphatic heterocycles. The van der Waals surface area contributed by atoms with Gasteiger partial charge in [-0.1, -0.05) is 142 Å². The van der Waals surface area contributed by atoms with Crippen LogP contribution in [-0.2, 0) is 0 Å². The molecule has 0 aliphatic rings. The van der Waals surface area contributed by atoms with Crippen LogP contribution in [0.3, 0.4) is 0 Å². The molecule has 0 saturated carbocycles. The Labute approximate surface area is 273 Å². The number of hydrogen-bond acceptors (Lipinski definition) is 1. The average Bonchev–Trinajstić information content (AvgIpc) is 3.06. The Morgan fingerprint density at radius 1 is 0.822 bits per heavy atom. The van der Waals surface area contributed by atoms with Crippen LogP contribution in [0.15, 0.2) is 153 Å². The molecule has 0 amide bonds. The summed E-state index contributed by atoms with van der Waals surface area (Å²) in [6.07, 6.45) is 27.3. The van der Waals surface area contributed by atoms with Crippen molar-refractivity contribution < 1.29 is 0 Å². The molecular formula is C44H51N. The van der Waals surface area contributed by atoms with E-state index in [-0.39, 0.29) is 0 Å². The summed E-state index contributed by atoms with van der Waals surface area (Å²) in [6.45, 7) is 18.6. The van der Waals surface area contributed by atoms with Crippen molar-refractivity contribution in [3.05, 3.63) is 176 Å². The maximum atomic E-state index is 4.13. The molecule has 0 spiro atoms. The zero-order chi connectivity index (χ0) is 32.4. The third kappa shape index (κ3) is 11.1. The van der Waals surface area contributed by atoms with E-state index >= 15 is 0 Å². The van der Waals surface area contributed by atoms with Gasteiger partial charge in [0.2, 0.25) is 0 Å². The number of hydrogen-bond donors (Lipinski definition) is 0. The van der Waals surface area contributed by atoms with Crippen LogP contribution in [0.25, 0.3) is 17.2 Å². The van der Waals surface area contributed by atoms with E-state index in [9.17, 15) is 0 Å². The van der Waals surface area contributed by atoms with Crippen LogP contribution in [0.4, 0.5) is 11.4 Å². The summed E-state index contributed by atoms with van der Waals surface area (Å²) < 4.78 is 0. The Balaban J connectivity index is 1.58. The Hall–Kier alpha value is -4.62. The second-order valence-corrected chi connectivity index (χ2v) is 11.8. The maximum absolute atomic E-state index is 4.13. The lowest BCUT2D eigenvalue weighted by Crippen LogP contribution is -2.10. The van der Waals surface area contributed by atoms with Gasteiger partial charge in [-0.15, -0.1) is 6.58 Å². The first-order valence-electron chi connectivity index (χ1n) is 16.1. The minimum absolute atomic E-state index is 0.500. The lowest BCUT2D eigenvalue weighted by molar-refractivity contribution is 0.460. The summed E-state index contributed by atoms with van der Waals surface area (Å²) >= 11 is 0. The maximum Gasteiger partial charge on any atom is 0.0481 e. The minimum atomic E-state index is 0.500. The third-order valence-corrected chi connectivity index (χ3v) is 8.31. The number of benzene rings is 3. The smallest absolute Gasteiger partial charge is 0.0481 e. The van der Waals surface area contributed by atoms with Crippen molar-refractivity contribution in [1.29, 1.82) is 0 Å². The van der Waals surface area contributed by atoms with Crippen LogP contribution in [0, 0.1) is 18.8 Å². The van der Waals surface area contributed by atoms with Crippen LogP contribution < -0.4 is 4.90 Å². The number of rotatable bonds is 17. The van der Waals surface area contributed by atoms with Crippen LogP contribution in [0.1, 0.15) is 61.8 Å². The van der Waals surface area contributed by atoms with Crippen molar-refractivity contribution in [3.8, 4) is 0 Å². The number of aryl methyl sites for hydroxylation is 1. The van der Waals surface area contributed by atoms with Crippen LogP contribution >= 0.6 is 0 Å². The van der Waals surface area contributed by atoms with Gasteiger partial charge in [-0.3, -0.25) is 0 Å². The normalized spacial score (nSPS) is 13.8. The highest BCUT2D eigenvalue weighted by Gasteiger charge is 2.10. The van der Waals surface area contributed by atoms with E-state index in [1.54, 1.807) is 6.08 Å². The van der Waals surface area contributed by atoms with Crippen LogP contribution in [0.2, 0.25) is 0 Å². The predicted octanol–water partition coefficient (Wildman–Crippen LogP) is 12.7. The van der Waals surface area contributed by atoms with E-state index in [0.717, 1.165) is 36.2 Å². The SMILES string of the molecule is C=C/C=C\C=C\c1ccccc1N(C)c1ccc(C(/C=C\CC(C)CCC(C=C)C/C=C(\C)c2ccccc2C)=C/C=C)cc1. The standard InChI is InChI=1S/C44H51N/c1-8-11-12-13-22-41-23-15-17-26-44(41)45(7)42-33-31-40(32-34-42)39(19-9-2)24-18-20-35(4)27-29-38(10-3)30-28-37(6)43-25-16-14-21-36(43)5/h8-19,21-26,28,31-35,38H,1-3,20,27,29-30H2,4-7H3/b12-11-,22-13+,24-18-,37-28+,39-19+. The summed E-state index contributed by atoms with van der Waals surface area (Å²) in [5.74, 6) is 1.10. The van der Waals surface area contributed by atoms with Gasteiger partial charge >= 0.3 is 0 Å². The molecule has 0 fully saturated rings. The van der Waals surface area contributed by atoms with Gasteiger partial charge in [0.15, 0.2) is 0 Å². The lowest BCUT2D eigenvalue weighted by atomic mass is 9.91. The Morgan fingerprint density at radius 2 is 1.56 bits per heavy atom. The minimum Gasteiger partial charge on any atom is -0.344 e. The van der Waals surface area contributed by atoms with Gasteiger partial charge in [-0.2, -0.15) is 0 Å². The van der Waals surface area contributed by atoms with Crippen molar-refractivity contribution in [2.45, 2.75) is 46.5 Å². The summed E-state index contributed by atoms with van der Waals surface area (Å²) in [5, 5.41) is 0. The van der Waals surface area contributed by atoms with Crippen molar-refractivity contribution in [2.24, 2.45) is 11.8 Å². The number of para-hydroxylation sites is 1. The van der Waals surface area contributed by atoms with Gasteiger partial charge in [-0.05, 0) is 103 Å². The second-order valence-electron chi connectivity index (χ2n) is 11.8. The fraction of sp³-hybridized carbons (Fsp3) is 0.227. The molecule has 0 heterocycles. The molecule has 1 nitrogen and oxygen atoms in total. The molecule has 3 aromatic rings. The van der Waals surface area contributed by atoms with E-state index in [4.69, 9.17) is 0 Å². The fourth-order valence-electron chi connectivity index (χ4n) is 5.46. The van der Waals surface area contributed by atoms with Gasteiger partial charge < -0.3 is 4.90 Å². The molecular weight excluding hydrogens is 542 g/mol. The Bertz CT molecular complexity index is 1540. The van der Waals surface area contributed by atoms with Crippen LogP contribution in [0.5, 0.6) is 0 Å². The van der Waals surface area contributed by atoms with Gasteiger partial charge in [0.05, 0.1) is 0 Å². The molecule has 232 valence electrons. The second kappa shape index (κ2) is 18.9. The summed E-state index contributed by atoms with van der Waals surface area (Å²) in [7, 11) is 2.11. The molecule has 0 saturated heterocycles. The number of anilines is 2. The highest BCUT2D eigenvalue weighted by Crippen LogP contribution is 2.30. The highest BCUT2D eigenvalue weighted by atomic mass is 15.1. The molecule has 3 rings (SSSR count). The zero-order valence-electron chi connectivity index (χ0n) is 27.8. The summed E-state index contributed by atoms with van der Waals surface area (Å²) in [4.78, 5) is 2.23. The quantitative estimate of drug-likeness (QED) is 0.111. The topological polar surface area (TPSA) is 3.24 Å². The van der Waals surface area contributed by atoms with E-state index in [2.05, 4.69) is 162 Å². The highest BCUT2D eigenvalue weighted by molar-refractivity contribution is 5.78. The number of allylic oxidation sites excluding steroid dienone is 12. The summed E-state index contributed by atoms with van der Waals surface area (Å²) in [6, 6.07) is 25.8. The number of nitrogens with zero attached hydrogens (tertiary/aromatic N) is 1. The van der Waals surface area contributed by atoms with Crippen molar-refractivity contribution in [2.75, 3.05) is 11.9 Å². The van der Waals surface area contributed by atoms with E-state index in [1.165, 1.54) is 34.3 Å². The van der Waals surface area contributed by atoms with E-state index in [0.29, 0.717) is 11.8 Å². The molecule has 0 bridgehead atoms. The first-order chi connectivity index (χ1) is 21.9. The fourth-order valence-corrected chi connectivity index (χ4v) is 5.46. The monoisotopic (exact) mass is 593 g/mol. The van der Waals surface area contributed by atoms with Gasteiger partial charge in [0, 0.05) is 18.4 Å². The van der Waals surface area contributed by atoms with Crippen molar-refractivity contribution in [1.82, 2.24) is 0 Å². The molecule has 0 N–H and O–H groups in total. The van der Waals surface area contributed by atoms with Gasteiger partial charge in [0.25, 0.3) is 0 Å². The molecule has 2 atom stereocenters. The first kappa shape index (κ1) is 34.9. The van der Waals surface area contributed by atoms with E-state index in [1.807, 2.05) is 24.3 Å². The first-order valence-corrected chi connectivity index (χ1v) is 16.1. The molecule has 1 heteroatoms. The predicted molar refractivity (Wildman–Crippen MR) is 203 cm³/mol. The van der Waals surface area contributed by atoms with Gasteiger partial charge in [0.1, 0.15) is 0 Å². The molecule has 45 heavy (non-hydrogen) atoms. The molecule has 0 radical (unpaired) electrons.